The van der Waals surface area contributed by atoms with Crippen LogP contribution in [0.15, 0.2) is 0 Å². The van der Waals surface area contributed by atoms with Crippen LogP contribution in [0.25, 0.3) is 0 Å². The standard InChI is InChI=1S/C11H26N2/c1-5-12-9-7-8-10-13(6-2)11(3)4/h11-12H,5-10H2,1-4H3. The first kappa shape index (κ1) is 12.9. The van der Waals surface area contributed by atoms with Crippen LogP contribution in [0.3, 0.4) is 0 Å². The molecule has 0 spiro atoms. The second-order valence-corrected chi connectivity index (χ2v) is 3.78. The molecule has 2 heteroatoms. The van der Waals surface area contributed by atoms with E-state index >= 15 is 0 Å². The summed E-state index contributed by atoms with van der Waals surface area (Å²) < 4.78 is 0. The number of rotatable bonds is 8. The van der Waals surface area contributed by atoms with Gasteiger partial charge >= 0.3 is 0 Å². The molecule has 0 aliphatic rings. The van der Waals surface area contributed by atoms with Gasteiger partial charge in [0, 0.05) is 6.04 Å². The molecule has 1 N–H and O–H groups in total. The van der Waals surface area contributed by atoms with E-state index in [1.807, 2.05) is 0 Å². The molecule has 0 amide bonds. The van der Waals surface area contributed by atoms with E-state index in [0.29, 0.717) is 6.04 Å². The summed E-state index contributed by atoms with van der Waals surface area (Å²) in [7, 11) is 0. The van der Waals surface area contributed by atoms with E-state index < -0.39 is 0 Å². The van der Waals surface area contributed by atoms with Gasteiger partial charge < -0.3 is 10.2 Å². The van der Waals surface area contributed by atoms with Crippen LogP contribution in [0.4, 0.5) is 0 Å². The maximum Gasteiger partial charge on any atom is 0.00384 e. The normalized spacial score (nSPS) is 11.5. The highest BCUT2D eigenvalue weighted by molar-refractivity contribution is 4.60. The van der Waals surface area contributed by atoms with E-state index in [4.69, 9.17) is 0 Å². The molecule has 0 unspecified atom stereocenters. The summed E-state index contributed by atoms with van der Waals surface area (Å²) in [5, 5.41) is 3.35. The van der Waals surface area contributed by atoms with Crippen molar-refractivity contribution in [2.75, 3.05) is 26.2 Å². The average molecular weight is 186 g/mol. The zero-order valence-electron chi connectivity index (χ0n) is 9.77. The van der Waals surface area contributed by atoms with Gasteiger partial charge in [-0.15, -0.1) is 0 Å². The molecular weight excluding hydrogens is 160 g/mol. The molecule has 0 aromatic heterocycles. The molecule has 80 valence electrons. The van der Waals surface area contributed by atoms with Crippen molar-refractivity contribution in [2.24, 2.45) is 0 Å². The van der Waals surface area contributed by atoms with Crippen molar-refractivity contribution in [2.45, 2.75) is 46.6 Å². The van der Waals surface area contributed by atoms with Crippen LogP contribution in [0.5, 0.6) is 0 Å². The maximum absolute atomic E-state index is 3.35. The molecule has 0 saturated heterocycles. The summed E-state index contributed by atoms with van der Waals surface area (Å²) in [6.07, 6.45) is 2.62. The Hall–Kier alpha value is -0.0800. The molecule has 0 aliphatic heterocycles. The SMILES string of the molecule is CCNCCCCN(CC)C(C)C. The van der Waals surface area contributed by atoms with Crippen molar-refractivity contribution in [1.29, 1.82) is 0 Å². The van der Waals surface area contributed by atoms with Crippen molar-refractivity contribution in [3.8, 4) is 0 Å². The monoisotopic (exact) mass is 186 g/mol. The highest BCUT2D eigenvalue weighted by Crippen LogP contribution is 2.00. The lowest BCUT2D eigenvalue weighted by Crippen LogP contribution is -2.31. The first-order valence-corrected chi connectivity index (χ1v) is 5.67. The van der Waals surface area contributed by atoms with Gasteiger partial charge in [0.25, 0.3) is 0 Å². The molecule has 0 atom stereocenters. The Bertz CT molecular complexity index is 102. The van der Waals surface area contributed by atoms with Crippen LogP contribution >= 0.6 is 0 Å². The Morgan fingerprint density at radius 1 is 1.15 bits per heavy atom. The van der Waals surface area contributed by atoms with Crippen LogP contribution < -0.4 is 5.32 Å². The van der Waals surface area contributed by atoms with Crippen LogP contribution in [0, 0.1) is 0 Å². The van der Waals surface area contributed by atoms with Crippen molar-refractivity contribution in [3.63, 3.8) is 0 Å². The van der Waals surface area contributed by atoms with E-state index in [-0.39, 0.29) is 0 Å². The lowest BCUT2D eigenvalue weighted by molar-refractivity contribution is 0.229. The third-order valence-corrected chi connectivity index (χ3v) is 2.44. The molecule has 0 aromatic carbocycles. The van der Waals surface area contributed by atoms with Gasteiger partial charge in [-0.3, -0.25) is 0 Å². The fourth-order valence-corrected chi connectivity index (χ4v) is 1.52. The van der Waals surface area contributed by atoms with Gasteiger partial charge in [0.05, 0.1) is 0 Å². The van der Waals surface area contributed by atoms with Crippen LogP contribution in [-0.2, 0) is 0 Å². The molecule has 0 fully saturated rings. The fraction of sp³-hybridized carbons (Fsp3) is 1.00. The Balaban J connectivity index is 3.28. The summed E-state index contributed by atoms with van der Waals surface area (Å²) in [4.78, 5) is 2.52. The quantitative estimate of drug-likeness (QED) is 0.584. The lowest BCUT2D eigenvalue weighted by Gasteiger charge is -2.24. The minimum absolute atomic E-state index is 0.698. The van der Waals surface area contributed by atoms with E-state index in [1.54, 1.807) is 0 Å². The minimum atomic E-state index is 0.698. The Morgan fingerprint density at radius 3 is 2.31 bits per heavy atom. The minimum Gasteiger partial charge on any atom is -0.317 e. The van der Waals surface area contributed by atoms with Crippen molar-refractivity contribution < 1.29 is 0 Å². The molecule has 0 aliphatic carbocycles. The Kier molecular flexibility index (Phi) is 8.46. The maximum atomic E-state index is 3.35. The Morgan fingerprint density at radius 2 is 1.85 bits per heavy atom. The Labute approximate surface area is 83.7 Å². The topological polar surface area (TPSA) is 15.3 Å². The summed E-state index contributed by atoms with van der Waals surface area (Å²) >= 11 is 0. The van der Waals surface area contributed by atoms with Crippen molar-refractivity contribution in [3.05, 3.63) is 0 Å². The largest absolute Gasteiger partial charge is 0.317 e. The number of unbranched alkanes of at least 4 members (excludes halogenated alkanes) is 1. The van der Waals surface area contributed by atoms with Crippen LogP contribution in [-0.4, -0.2) is 37.1 Å². The predicted molar refractivity (Wildman–Crippen MR) is 60.2 cm³/mol. The molecule has 0 rings (SSSR count). The molecule has 0 radical (unpaired) electrons. The molecule has 2 nitrogen and oxygen atoms in total. The zero-order chi connectivity index (χ0) is 10.1. The number of nitrogens with zero attached hydrogens (tertiary/aromatic N) is 1. The van der Waals surface area contributed by atoms with E-state index in [1.165, 1.54) is 32.5 Å². The fourth-order valence-electron chi connectivity index (χ4n) is 1.52. The highest BCUT2D eigenvalue weighted by atomic mass is 15.1. The van der Waals surface area contributed by atoms with Gasteiger partial charge in [0.2, 0.25) is 0 Å². The summed E-state index contributed by atoms with van der Waals surface area (Å²) in [6.45, 7) is 13.6. The summed E-state index contributed by atoms with van der Waals surface area (Å²) in [5.74, 6) is 0. The van der Waals surface area contributed by atoms with Gasteiger partial charge in [-0.25, -0.2) is 0 Å². The van der Waals surface area contributed by atoms with E-state index in [0.717, 1.165) is 6.54 Å². The van der Waals surface area contributed by atoms with Crippen LogP contribution in [0.1, 0.15) is 40.5 Å². The number of hydrogen-bond donors (Lipinski definition) is 1. The average Bonchev–Trinajstić information content (AvgIpc) is 2.10. The molecule has 0 heterocycles. The van der Waals surface area contributed by atoms with E-state index in [9.17, 15) is 0 Å². The molecule has 0 saturated carbocycles. The smallest absolute Gasteiger partial charge is 0.00384 e. The van der Waals surface area contributed by atoms with Gasteiger partial charge in [0.15, 0.2) is 0 Å². The van der Waals surface area contributed by atoms with Gasteiger partial charge in [-0.05, 0) is 52.9 Å². The predicted octanol–water partition coefficient (Wildman–Crippen LogP) is 2.11. The lowest BCUT2D eigenvalue weighted by atomic mass is 10.2. The second kappa shape index (κ2) is 8.52. The summed E-state index contributed by atoms with van der Waals surface area (Å²) in [6, 6.07) is 0.698. The van der Waals surface area contributed by atoms with Crippen molar-refractivity contribution >= 4 is 0 Å². The van der Waals surface area contributed by atoms with Crippen LogP contribution in [0.2, 0.25) is 0 Å². The molecular formula is C11H26N2. The highest BCUT2D eigenvalue weighted by Gasteiger charge is 2.04. The van der Waals surface area contributed by atoms with Gasteiger partial charge in [0.1, 0.15) is 0 Å². The zero-order valence-corrected chi connectivity index (χ0v) is 9.77. The first-order chi connectivity index (χ1) is 6.22. The molecule has 0 aromatic rings. The first-order valence-electron chi connectivity index (χ1n) is 5.67. The van der Waals surface area contributed by atoms with Gasteiger partial charge in [-0.1, -0.05) is 13.8 Å². The van der Waals surface area contributed by atoms with Crippen molar-refractivity contribution in [1.82, 2.24) is 10.2 Å². The third kappa shape index (κ3) is 7.03. The summed E-state index contributed by atoms with van der Waals surface area (Å²) in [5.41, 5.74) is 0. The van der Waals surface area contributed by atoms with Gasteiger partial charge in [-0.2, -0.15) is 0 Å². The third-order valence-electron chi connectivity index (χ3n) is 2.44. The molecule has 13 heavy (non-hydrogen) atoms. The van der Waals surface area contributed by atoms with E-state index in [2.05, 4.69) is 37.9 Å². The number of nitrogens with one attached hydrogen (secondary N) is 1. The number of hydrogen-bond acceptors (Lipinski definition) is 2. The second-order valence-electron chi connectivity index (χ2n) is 3.78. The molecule has 0 bridgehead atoms.